The van der Waals surface area contributed by atoms with Gasteiger partial charge in [-0.2, -0.15) is 0 Å². The van der Waals surface area contributed by atoms with Gasteiger partial charge in [0.1, 0.15) is 11.3 Å². The maximum absolute atomic E-state index is 11.4. The monoisotopic (exact) mass is 399 g/mol. The summed E-state index contributed by atoms with van der Waals surface area (Å²) in [4.78, 5) is 21.5. The van der Waals surface area contributed by atoms with Gasteiger partial charge in [0.05, 0.1) is 11.6 Å². The maximum atomic E-state index is 11.4. The molecule has 0 radical (unpaired) electrons. The highest BCUT2D eigenvalue weighted by molar-refractivity contribution is 5.85. The number of amides is 1. The molecule has 3 heterocycles. The van der Waals surface area contributed by atoms with Gasteiger partial charge in [-0.1, -0.05) is 19.4 Å². The number of hydrogen-bond donors (Lipinski definition) is 1. The number of nitrogens with two attached hydrogens (primary N) is 1. The van der Waals surface area contributed by atoms with E-state index in [9.17, 15) is 4.79 Å². The number of likely N-dealkylation sites (tertiary alicyclic amines) is 2. The van der Waals surface area contributed by atoms with E-state index in [0.29, 0.717) is 11.8 Å². The van der Waals surface area contributed by atoms with Crippen molar-refractivity contribution < 1.29 is 9.53 Å². The molecule has 7 heteroatoms. The molecule has 29 heavy (non-hydrogen) atoms. The van der Waals surface area contributed by atoms with Crippen LogP contribution >= 0.6 is 0 Å². The third-order valence-corrected chi connectivity index (χ3v) is 6.24. The lowest BCUT2D eigenvalue weighted by atomic mass is 10.1. The summed E-state index contributed by atoms with van der Waals surface area (Å²) in [7, 11) is 0. The minimum Gasteiger partial charge on any atom is -0.408 e. The van der Waals surface area contributed by atoms with Crippen molar-refractivity contribution in [3.8, 4) is 5.75 Å². The molecular formula is C22H33N5O2. The number of imidazole rings is 1. The van der Waals surface area contributed by atoms with Gasteiger partial charge in [-0.05, 0) is 70.4 Å². The number of carbonyl (C=O) groups is 1. The molecule has 1 aromatic carbocycles. The van der Waals surface area contributed by atoms with Gasteiger partial charge in [0, 0.05) is 13.1 Å². The predicted octanol–water partition coefficient (Wildman–Crippen LogP) is 3.53. The van der Waals surface area contributed by atoms with E-state index in [-0.39, 0.29) is 0 Å². The lowest BCUT2D eigenvalue weighted by Crippen LogP contribution is -2.33. The van der Waals surface area contributed by atoms with Gasteiger partial charge in [0.15, 0.2) is 5.75 Å². The Bertz CT molecular complexity index is 843. The normalized spacial score (nSPS) is 21.1. The first-order valence-electron chi connectivity index (χ1n) is 11.1. The molecule has 4 rings (SSSR count). The molecule has 1 aromatic heterocycles. The van der Waals surface area contributed by atoms with Gasteiger partial charge in [-0.15, -0.1) is 0 Å². The summed E-state index contributed by atoms with van der Waals surface area (Å²) < 4.78 is 7.62. The number of benzene rings is 1. The first-order chi connectivity index (χ1) is 14.2. The summed E-state index contributed by atoms with van der Waals surface area (Å²) in [6.07, 6.45) is 6.60. The Morgan fingerprint density at radius 3 is 2.72 bits per heavy atom. The number of ether oxygens (including phenoxy) is 1. The van der Waals surface area contributed by atoms with Gasteiger partial charge in [-0.25, -0.2) is 9.78 Å². The Morgan fingerprint density at radius 1 is 1.14 bits per heavy atom. The molecule has 2 fully saturated rings. The van der Waals surface area contributed by atoms with E-state index in [0.717, 1.165) is 55.9 Å². The number of nitrogens with zero attached hydrogens (tertiary/aromatic N) is 4. The number of para-hydroxylation sites is 1. The maximum Gasteiger partial charge on any atom is 0.410 e. The van der Waals surface area contributed by atoms with Gasteiger partial charge < -0.3 is 19.9 Å². The van der Waals surface area contributed by atoms with Crippen molar-refractivity contribution in [3.63, 3.8) is 0 Å². The van der Waals surface area contributed by atoms with E-state index in [1.54, 1.807) is 6.07 Å². The van der Waals surface area contributed by atoms with Crippen LogP contribution in [0.1, 0.15) is 57.3 Å². The summed E-state index contributed by atoms with van der Waals surface area (Å²) >= 11 is 0. The highest BCUT2D eigenvalue weighted by Crippen LogP contribution is 2.35. The van der Waals surface area contributed by atoms with Crippen molar-refractivity contribution in [2.75, 3.05) is 32.7 Å². The molecule has 2 aromatic rings. The smallest absolute Gasteiger partial charge is 0.408 e. The Balaban J connectivity index is 1.69. The van der Waals surface area contributed by atoms with Crippen molar-refractivity contribution >= 4 is 17.1 Å². The first-order valence-corrected chi connectivity index (χ1v) is 11.1. The summed E-state index contributed by atoms with van der Waals surface area (Å²) in [5, 5.41) is 0. The van der Waals surface area contributed by atoms with Crippen LogP contribution in [0, 0.1) is 0 Å². The Labute approximate surface area is 172 Å². The van der Waals surface area contributed by atoms with E-state index in [1.165, 1.54) is 38.8 Å². The van der Waals surface area contributed by atoms with Crippen LogP contribution < -0.4 is 10.5 Å². The summed E-state index contributed by atoms with van der Waals surface area (Å²) in [5.41, 5.74) is 7.06. The van der Waals surface area contributed by atoms with Crippen molar-refractivity contribution in [2.45, 2.75) is 58.0 Å². The molecule has 1 unspecified atom stereocenters. The zero-order valence-corrected chi connectivity index (χ0v) is 17.5. The lowest BCUT2D eigenvalue weighted by molar-refractivity contribution is 0.211. The number of carbonyl (C=O) groups excluding carboxylic acids is 1. The van der Waals surface area contributed by atoms with Crippen LogP contribution in [-0.4, -0.2) is 58.2 Å². The Hall–Kier alpha value is -2.12. The Kier molecular flexibility index (Phi) is 6.35. The third kappa shape index (κ3) is 4.41. The molecule has 2 N–H and O–H groups in total. The van der Waals surface area contributed by atoms with Gasteiger partial charge in [-0.3, -0.25) is 4.90 Å². The van der Waals surface area contributed by atoms with Crippen LogP contribution in [0.5, 0.6) is 5.75 Å². The molecule has 7 nitrogen and oxygen atoms in total. The average molecular weight is 400 g/mol. The number of fused-ring (bicyclic) bond motifs is 1. The van der Waals surface area contributed by atoms with Crippen molar-refractivity contribution in [2.24, 2.45) is 5.73 Å². The molecule has 158 valence electrons. The van der Waals surface area contributed by atoms with Crippen LogP contribution in [0.2, 0.25) is 0 Å². The van der Waals surface area contributed by atoms with E-state index in [2.05, 4.69) is 27.4 Å². The largest absolute Gasteiger partial charge is 0.410 e. The van der Waals surface area contributed by atoms with Crippen molar-refractivity contribution in [1.82, 2.24) is 19.4 Å². The molecule has 2 aliphatic rings. The quantitative estimate of drug-likeness (QED) is 0.771. The SMILES string of the molecule is CCCN1CCCC1c1nc2c(OC(N)=O)cccc2n1CCN1CCCCC1. The molecular weight excluding hydrogens is 366 g/mol. The standard InChI is InChI=1S/C22H33N5O2/c1-2-11-26-14-7-9-18(26)21-24-20-17(8-6-10-19(20)29-22(23)28)27(21)16-15-25-12-4-3-5-13-25/h6,8,10,18H,2-5,7,9,11-16H2,1H3,(H2,23,28). The third-order valence-electron chi connectivity index (χ3n) is 6.24. The van der Waals surface area contributed by atoms with Crippen LogP contribution in [0.15, 0.2) is 18.2 Å². The minimum absolute atomic E-state index is 0.324. The first kappa shape index (κ1) is 20.2. The summed E-state index contributed by atoms with van der Waals surface area (Å²) in [6.45, 7) is 8.74. The number of rotatable bonds is 7. The summed E-state index contributed by atoms with van der Waals surface area (Å²) in [5.74, 6) is 1.55. The zero-order valence-electron chi connectivity index (χ0n) is 17.5. The second-order valence-corrected chi connectivity index (χ2v) is 8.26. The topological polar surface area (TPSA) is 76.6 Å². The highest BCUT2D eigenvalue weighted by atomic mass is 16.5. The fourth-order valence-corrected chi connectivity index (χ4v) is 4.92. The summed E-state index contributed by atoms with van der Waals surface area (Å²) in [6, 6.07) is 6.10. The molecule has 0 saturated carbocycles. The molecule has 0 spiro atoms. The highest BCUT2D eigenvalue weighted by Gasteiger charge is 2.30. The number of hydrogen-bond acceptors (Lipinski definition) is 5. The van der Waals surface area contributed by atoms with Gasteiger partial charge in [0.2, 0.25) is 0 Å². The van der Waals surface area contributed by atoms with Crippen molar-refractivity contribution in [3.05, 3.63) is 24.0 Å². The number of piperidine rings is 1. The molecule has 0 bridgehead atoms. The van der Waals surface area contributed by atoms with Crippen LogP contribution in [-0.2, 0) is 6.54 Å². The van der Waals surface area contributed by atoms with Crippen LogP contribution in [0.25, 0.3) is 11.0 Å². The zero-order chi connectivity index (χ0) is 20.2. The average Bonchev–Trinajstić information content (AvgIpc) is 3.32. The van der Waals surface area contributed by atoms with E-state index in [4.69, 9.17) is 15.5 Å². The second kappa shape index (κ2) is 9.13. The van der Waals surface area contributed by atoms with Gasteiger partial charge in [0.25, 0.3) is 0 Å². The molecule has 1 amide bonds. The van der Waals surface area contributed by atoms with Crippen LogP contribution in [0.4, 0.5) is 4.79 Å². The fraction of sp³-hybridized carbons (Fsp3) is 0.636. The minimum atomic E-state index is -0.796. The fourth-order valence-electron chi connectivity index (χ4n) is 4.92. The van der Waals surface area contributed by atoms with Gasteiger partial charge >= 0.3 is 6.09 Å². The predicted molar refractivity (Wildman–Crippen MR) is 114 cm³/mol. The number of primary amides is 1. The molecule has 0 aliphatic carbocycles. The molecule has 2 saturated heterocycles. The van der Waals surface area contributed by atoms with E-state index < -0.39 is 6.09 Å². The van der Waals surface area contributed by atoms with Crippen LogP contribution in [0.3, 0.4) is 0 Å². The Morgan fingerprint density at radius 2 is 1.97 bits per heavy atom. The molecule has 2 aliphatic heterocycles. The van der Waals surface area contributed by atoms with E-state index in [1.807, 2.05) is 6.07 Å². The molecule has 1 atom stereocenters. The van der Waals surface area contributed by atoms with E-state index >= 15 is 0 Å². The van der Waals surface area contributed by atoms with Crippen molar-refractivity contribution in [1.29, 1.82) is 0 Å². The lowest BCUT2D eigenvalue weighted by Gasteiger charge is -2.28. The second-order valence-electron chi connectivity index (χ2n) is 8.26. The number of aromatic nitrogens is 2.